The highest BCUT2D eigenvalue weighted by Gasteiger charge is 2.31. The van der Waals surface area contributed by atoms with Crippen molar-refractivity contribution in [1.82, 2.24) is 0 Å². The van der Waals surface area contributed by atoms with Crippen LogP contribution in [0.25, 0.3) is 0 Å². The van der Waals surface area contributed by atoms with E-state index in [0.29, 0.717) is 0 Å². The van der Waals surface area contributed by atoms with Crippen LogP contribution in [0.5, 0.6) is 0 Å². The van der Waals surface area contributed by atoms with Crippen molar-refractivity contribution in [3.63, 3.8) is 0 Å². The fraction of sp³-hybridized carbons (Fsp3) is 0.250. The van der Waals surface area contributed by atoms with Gasteiger partial charge in [0, 0.05) is 6.54 Å². The van der Waals surface area contributed by atoms with Gasteiger partial charge in [-0.25, -0.2) is 0 Å². The molecule has 0 aliphatic carbocycles. The minimum absolute atomic E-state index is 0.168. The number of hydrogen-bond acceptors (Lipinski definition) is 2. The third-order valence-corrected chi connectivity index (χ3v) is 3.37. The summed E-state index contributed by atoms with van der Waals surface area (Å²) in [6, 6.07) is 15.6. The molecule has 1 unspecified atom stereocenters. The van der Waals surface area contributed by atoms with E-state index >= 15 is 0 Å². The summed E-state index contributed by atoms with van der Waals surface area (Å²) in [5.41, 5.74) is 8.67. The van der Waals surface area contributed by atoms with Gasteiger partial charge in [0.15, 0.2) is 0 Å². The molecule has 0 aliphatic heterocycles. The van der Waals surface area contributed by atoms with Crippen LogP contribution < -0.4 is 5.73 Å². The lowest BCUT2D eigenvalue weighted by Gasteiger charge is -2.29. The van der Waals surface area contributed by atoms with E-state index in [1.165, 1.54) is 5.56 Å². The third kappa shape index (κ3) is 2.17. The molecule has 0 aromatic heterocycles. The predicted molar refractivity (Wildman–Crippen MR) is 74.4 cm³/mol. The van der Waals surface area contributed by atoms with Crippen LogP contribution in [0.3, 0.4) is 0 Å². The van der Waals surface area contributed by atoms with Crippen LogP contribution in [-0.2, 0) is 5.60 Å². The van der Waals surface area contributed by atoms with Crippen LogP contribution in [0.15, 0.2) is 48.5 Å². The lowest BCUT2D eigenvalue weighted by molar-refractivity contribution is 0.0895. The molecule has 0 fully saturated rings. The second kappa shape index (κ2) is 4.92. The van der Waals surface area contributed by atoms with Gasteiger partial charge in [-0.2, -0.15) is 0 Å². The van der Waals surface area contributed by atoms with Crippen LogP contribution in [0.4, 0.5) is 0 Å². The molecule has 2 heteroatoms. The summed E-state index contributed by atoms with van der Waals surface area (Å²) in [7, 11) is 0. The molecule has 18 heavy (non-hydrogen) atoms. The fourth-order valence-electron chi connectivity index (χ4n) is 2.37. The Bertz CT molecular complexity index is 536. The van der Waals surface area contributed by atoms with Crippen molar-refractivity contribution < 1.29 is 5.11 Å². The second-order valence-corrected chi connectivity index (χ2v) is 4.75. The van der Waals surface area contributed by atoms with Crippen molar-refractivity contribution in [2.45, 2.75) is 19.4 Å². The Hall–Kier alpha value is -1.64. The van der Waals surface area contributed by atoms with E-state index in [9.17, 15) is 5.11 Å². The Labute approximate surface area is 108 Å². The molecule has 2 rings (SSSR count). The molecule has 0 bridgehead atoms. The summed E-state index contributed by atoms with van der Waals surface area (Å²) in [5, 5.41) is 10.9. The van der Waals surface area contributed by atoms with Gasteiger partial charge in [0.2, 0.25) is 0 Å². The second-order valence-electron chi connectivity index (χ2n) is 4.75. The maximum Gasteiger partial charge on any atom is 0.127 e. The predicted octanol–water partition coefficient (Wildman–Crippen LogP) is 2.50. The zero-order chi connectivity index (χ0) is 13.2. The van der Waals surface area contributed by atoms with Crippen LogP contribution in [0.1, 0.15) is 22.3 Å². The van der Waals surface area contributed by atoms with E-state index in [2.05, 4.69) is 6.07 Å². The van der Waals surface area contributed by atoms with Gasteiger partial charge in [0.05, 0.1) is 0 Å². The lowest BCUT2D eigenvalue weighted by Crippen LogP contribution is -2.36. The topological polar surface area (TPSA) is 46.2 Å². The van der Waals surface area contributed by atoms with E-state index in [-0.39, 0.29) is 6.54 Å². The molecule has 0 saturated heterocycles. The third-order valence-electron chi connectivity index (χ3n) is 3.37. The van der Waals surface area contributed by atoms with Gasteiger partial charge in [0.1, 0.15) is 5.60 Å². The summed E-state index contributed by atoms with van der Waals surface area (Å²) in [6.45, 7) is 4.22. The first-order valence-electron chi connectivity index (χ1n) is 6.13. The number of aliphatic hydroxyl groups is 1. The van der Waals surface area contributed by atoms with Gasteiger partial charge < -0.3 is 10.8 Å². The van der Waals surface area contributed by atoms with E-state index < -0.39 is 5.60 Å². The maximum atomic E-state index is 10.9. The molecular weight excluding hydrogens is 222 g/mol. The van der Waals surface area contributed by atoms with Gasteiger partial charge in [-0.05, 0) is 30.5 Å². The van der Waals surface area contributed by atoms with Crippen molar-refractivity contribution in [1.29, 1.82) is 0 Å². The van der Waals surface area contributed by atoms with Crippen LogP contribution in [0, 0.1) is 13.8 Å². The molecule has 0 heterocycles. The molecule has 0 saturated carbocycles. The molecule has 0 radical (unpaired) electrons. The Morgan fingerprint density at radius 3 is 2.28 bits per heavy atom. The van der Waals surface area contributed by atoms with Gasteiger partial charge in [0.25, 0.3) is 0 Å². The Balaban J connectivity index is 2.57. The number of hydrogen-bond donors (Lipinski definition) is 2. The standard InChI is InChI=1S/C16H19NO/c1-12-8-9-15(13(2)10-12)16(18,11-17)14-6-4-3-5-7-14/h3-10,18H,11,17H2,1-2H3. The minimum Gasteiger partial charge on any atom is -0.379 e. The average molecular weight is 241 g/mol. The van der Waals surface area contributed by atoms with E-state index in [0.717, 1.165) is 16.7 Å². The van der Waals surface area contributed by atoms with Gasteiger partial charge >= 0.3 is 0 Å². The highest BCUT2D eigenvalue weighted by molar-refractivity contribution is 5.42. The van der Waals surface area contributed by atoms with Crippen molar-refractivity contribution >= 4 is 0 Å². The summed E-state index contributed by atoms with van der Waals surface area (Å²) in [5.74, 6) is 0. The van der Waals surface area contributed by atoms with Gasteiger partial charge in [-0.3, -0.25) is 0 Å². The van der Waals surface area contributed by atoms with Crippen molar-refractivity contribution in [3.05, 3.63) is 70.8 Å². The largest absolute Gasteiger partial charge is 0.379 e. The van der Waals surface area contributed by atoms with E-state index in [4.69, 9.17) is 5.73 Å². The average Bonchev–Trinajstić information content (AvgIpc) is 2.39. The first-order valence-corrected chi connectivity index (χ1v) is 6.13. The first kappa shape index (κ1) is 12.8. The molecule has 2 nitrogen and oxygen atoms in total. The highest BCUT2D eigenvalue weighted by atomic mass is 16.3. The quantitative estimate of drug-likeness (QED) is 0.867. The zero-order valence-corrected chi connectivity index (χ0v) is 10.9. The zero-order valence-electron chi connectivity index (χ0n) is 10.9. The smallest absolute Gasteiger partial charge is 0.127 e. The van der Waals surface area contributed by atoms with E-state index in [1.807, 2.05) is 56.3 Å². The molecule has 0 amide bonds. The lowest BCUT2D eigenvalue weighted by atomic mass is 9.83. The fourth-order valence-corrected chi connectivity index (χ4v) is 2.37. The SMILES string of the molecule is Cc1ccc(C(O)(CN)c2ccccc2)c(C)c1. The van der Waals surface area contributed by atoms with Crippen molar-refractivity contribution in [3.8, 4) is 0 Å². The van der Waals surface area contributed by atoms with Crippen LogP contribution >= 0.6 is 0 Å². The summed E-state index contributed by atoms with van der Waals surface area (Å²) in [4.78, 5) is 0. The Kier molecular flexibility index (Phi) is 3.50. The summed E-state index contributed by atoms with van der Waals surface area (Å²) >= 11 is 0. The number of nitrogens with two attached hydrogens (primary N) is 1. The number of benzene rings is 2. The molecule has 0 aliphatic rings. The first-order chi connectivity index (χ1) is 8.58. The normalized spacial score (nSPS) is 14.2. The molecule has 3 N–H and O–H groups in total. The van der Waals surface area contributed by atoms with Crippen molar-refractivity contribution in [2.24, 2.45) is 5.73 Å². The van der Waals surface area contributed by atoms with Crippen LogP contribution in [-0.4, -0.2) is 11.7 Å². The monoisotopic (exact) mass is 241 g/mol. The summed E-state index contributed by atoms with van der Waals surface area (Å²) in [6.07, 6.45) is 0. The number of aryl methyl sites for hydroxylation is 2. The molecular formula is C16H19NO. The van der Waals surface area contributed by atoms with E-state index in [1.54, 1.807) is 0 Å². The Morgan fingerprint density at radius 2 is 1.72 bits per heavy atom. The Morgan fingerprint density at radius 1 is 1.06 bits per heavy atom. The molecule has 2 aromatic rings. The summed E-state index contributed by atoms with van der Waals surface area (Å²) < 4.78 is 0. The molecule has 1 atom stereocenters. The molecule has 2 aromatic carbocycles. The minimum atomic E-state index is -1.11. The molecule has 0 spiro atoms. The molecule has 94 valence electrons. The number of rotatable bonds is 3. The van der Waals surface area contributed by atoms with Crippen LogP contribution in [0.2, 0.25) is 0 Å². The van der Waals surface area contributed by atoms with Gasteiger partial charge in [-0.15, -0.1) is 0 Å². The highest BCUT2D eigenvalue weighted by Crippen LogP contribution is 2.31. The maximum absolute atomic E-state index is 10.9. The van der Waals surface area contributed by atoms with Crippen molar-refractivity contribution in [2.75, 3.05) is 6.54 Å². The van der Waals surface area contributed by atoms with Gasteiger partial charge in [-0.1, -0.05) is 54.1 Å².